The van der Waals surface area contributed by atoms with Crippen molar-refractivity contribution < 1.29 is 0 Å². The van der Waals surface area contributed by atoms with Crippen LogP contribution in [0.15, 0.2) is 21.7 Å². The first-order valence-corrected chi connectivity index (χ1v) is 5.88. The van der Waals surface area contributed by atoms with E-state index in [9.17, 15) is 9.59 Å². The molecule has 4 nitrogen and oxygen atoms in total. The highest BCUT2D eigenvalue weighted by Crippen LogP contribution is 2.43. The Labute approximate surface area is 102 Å². The minimum atomic E-state index is -0.616. The smallest absolute Gasteiger partial charge is 0.316 e. The van der Waals surface area contributed by atoms with Crippen LogP contribution >= 0.6 is 11.6 Å². The van der Waals surface area contributed by atoms with Gasteiger partial charge < -0.3 is 9.55 Å². The molecule has 0 saturated heterocycles. The molecule has 0 aliphatic heterocycles. The van der Waals surface area contributed by atoms with Crippen LogP contribution < -0.4 is 11.1 Å². The molecule has 88 valence electrons. The third kappa shape index (κ3) is 1.60. The predicted octanol–water partition coefficient (Wildman–Crippen LogP) is 1.76. The first-order chi connectivity index (χ1) is 8.08. The van der Waals surface area contributed by atoms with Gasteiger partial charge in [-0.1, -0.05) is 11.6 Å². The molecular formula is C12H11ClN2O2. The first-order valence-electron chi connectivity index (χ1n) is 5.50. The van der Waals surface area contributed by atoms with Crippen molar-refractivity contribution >= 4 is 22.6 Å². The monoisotopic (exact) mass is 250 g/mol. The van der Waals surface area contributed by atoms with Gasteiger partial charge in [0.05, 0.1) is 11.0 Å². The Morgan fingerprint density at radius 1 is 1.35 bits per heavy atom. The number of aromatic amines is 1. The minimum absolute atomic E-state index is 0.508. The Kier molecular flexibility index (Phi) is 2.16. The molecule has 0 radical (unpaired) electrons. The van der Waals surface area contributed by atoms with Crippen LogP contribution in [0.2, 0.25) is 5.02 Å². The Bertz CT molecular complexity index is 726. The van der Waals surface area contributed by atoms with E-state index in [0.717, 1.165) is 23.9 Å². The lowest BCUT2D eigenvalue weighted by atomic mass is 10.1. The van der Waals surface area contributed by atoms with Gasteiger partial charge in [-0.2, -0.15) is 0 Å². The van der Waals surface area contributed by atoms with Crippen LogP contribution in [0.1, 0.15) is 24.3 Å². The SMILES string of the molecule is Cn1c(=O)c(=O)[nH]c2cc(Cl)c(C3CC3)cc21. The number of hydrogen-bond donors (Lipinski definition) is 1. The van der Waals surface area contributed by atoms with Crippen molar-refractivity contribution in [1.29, 1.82) is 0 Å². The molecule has 0 spiro atoms. The van der Waals surface area contributed by atoms with E-state index in [1.54, 1.807) is 13.1 Å². The largest absolute Gasteiger partial charge is 0.316 e. The molecule has 0 amide bonds. The van der Waals surface area contributed by atoms with Crippen molar-refractivity contribution in [2.75, 3.05) is 0 Å². The summed E-state index contributed by atoms with van der Waals surface area (Å²) in [4.78, 5) is 25.5. The lowest BCUT2D eigenvalue weighted by Crippen LogP contribution is -2.34. The lowest BCUT2D eigenvalue weighted by molar-refractivity contribution is 0.872. The number of nitrogens with one attached hydrogen (secondary N) is 1. The van der Waals surface area contributed by atoms with Gasteiger partial charge in [0.1, 0.15) is 0 Å². The van der Waals surface area contributed by atoms with Crippen molar-refractivity contribution in [3.63, 3.8) is 0 Å². The number of hydrogen-bond acceptors (Lipinski definition) is 2. The summed E-state index contributed by atoms with van der Waals surface area (Å²) in [6.07, 6.45) is 2.28. The quantitative estimate of drug-likeness (QED) is 0.784. The summed E-state index contributed by atoms with van der Waals surface area (Å²) < 4.78 is 1.37. The molecule has 0 unspecified atom stereocenters. The zero-order chi connectivity index (χ0) is 12.2. The van der Waals surface area contributed by atoms with Gasteiger partial charge in [-0.25, -0.2) is 0 Å². The summed E-state index contributed by atoms with van der Waals surface area (Å²) in [5.74, 6) is 0.508. The third-order valence-electron chi connectivity index (χ3n) is 3.24. The Morgan fingerprint density at radius 2 is 2.06 bits per heavy atom. The molecule has 1 aromatic carbocycles. The maximum absolute atomic E-state index is 11.6. The summed E-state index contributed by atoms with van der Waals surface area (Å²) in [6.45, 7) is 0. The van der Waals surface area contributed by atoms with Crippen molar-refractivity contribution in [3.05, 3.63) is 43.4 Å². The number of aromatic nitrogens is 2. The van der Waals surface area contributed by atoms with Crippen LogP contribution in [-0.4, -0.2) is 9.55 Å². The van der Waals surface area contributed by atoms with Gasteiger partial charge in [-0.05, 0) is 36.5 Å². The molecule has 17 heavy (non-hydrogen) atoms. The van der Waals surface area contributed by atoms with Gasteiger partial charge in [-0.15, -0.1) is 0 Å². The van der Waals surface area contributed by atoms with Gasteiger partial charge in [-0.3, -0.25) is 9.59 Å². The fraction of sp³-hybridized carbons (Fsp3) is 0.333. The van der Waals surface area contributed by atoms with Gasteiger partial charge in [0.2, 0.25) is 0 Å². The molecule has 2 aromatic rings. The van der Waals surface area contributed by atoms with E-state index in [2.05, 4.69) is 4.98 Å². The maximum Gasteiger partial charge on any atom is 0.316 e. The van der Waals surface area contributed by atoms with E-state index >= 15 is 0 Å². The van der Waals surface area contributed by atoms with Crippen LogP contribution in [0.25, 0.3) is 11.0 Å². The molecule has 1 aliphatic rings. The topological polar surface area (TPSA) is 54.9 Å². The fourth-order valence-corrected chi connectivity index (χ4v) is 2.42. The van der Waals surface area contributed by atoms with E-state index in [0.29, 0.717) is 16.5 Å². The van der Waals surface area contributed by atoms with Crippen LogP contribution in [-0.2, 0) is 7.05 Å². The second kappa shape index (κ2) is 3.47. The Morgan fingerprint density at radius 3 is 2.71 bits per heavy atom. The van der Waals surface area contributed by atoms with Crippen LogP contribution in [0.4, 0.5) is 0 Å². The molecule has 1 aliphatic carbocycles. The number of benzene rings is 1. The molecule has 1 aromatic heterocycles. The second-order valence-corrected chi connectivity index (χ2v) is 4.89. The standard InChI is InChI=1S/C12H11ClN2O2/c1-15-10-4-7(6-2-3-6)8(13)5-9(10)14-11(16)12(15)17/h4-6H,2-3H2,1H3,(H,14,16). The summed E-state index contributed by atoms with van der Waals surface area (Å²) in [6, 6.07) is 3.64. The second-order valence-electron chi connectivity index (χ2n) is 4.48. The van der Waals surface area contributed by atoms with Gasteiger partial charge in [0, 0.05) is 12.1 Å². The first kappa shape index (κ1) is 10.6. The van der Waals surface area contributed by atoms with Gasteiger partial charge >= 0.3 is 11.1 Å². The Balaban J connectivity index is 2.42. The molecule has 5 heteroatoms. The van der Waals surface area contributed by atoms with Crippen molar-refractivity contribution in [3.8, 4) is 0 Å². The Hall–Kier alpha value is -1.55. The van der Waals surface area contributed by atoms with Gasteiger partial charge in [0.25, 0.3) is 0 Å². The lowest BCUT2D eigenvalue weighted by Gasteiger charge is -2.08. The van der Waals surface area contributed by atoms with E-state index in [1.807, 2.05) is 6.07 Å². The molecule has 3 rings (SSSR count). The van der Waals surface area contributed by atoms with Gasteiger partial charge in [0.15, 0.2) is 0 Å². The number of halogens is 1. The van der Waals surface area contributed by atoms with Crippen molar-refractivity contribution in [2.24, 2.45) is 7.05 Å². The summed E-state index contributed by atoms with van der Waals surface area (Å²) in [7, 11) is 1.60. The predicted molar refractivity (Wildman–Crippen MR) is 66.8 cm³/mol. The molecular weight excluding hydrogens is 240 g/mol. The summed E-state index contributed by atoms with van der Waals surface area (Å²) in [5, 5.41) is 0.661. The molecule has 1 saturated carbocycles. The maximum atomic E-state index is 11.6. The number of rotatable bonds is 1. The molecule has 0 bridgehead atoms. The zero-order valence-corrected chi connectivity index (χ0v) is 10.0. The van der Waals surface area contributed by atoms with Crippen molar-refractivity contribution in [1.82, 2.24) is 9.55 Å². The van der Waals surface area contributed by atoms with Crippen molar-refractivity contribution in [2.45, 2.75) is 18.8 Å². The number of aryl methyl sites for hydroxylation is 1. The van der Waals surface area contributed by atoms with Crippen LogP contribution in [0, 0.1) is 0 Å². The molecule has 1 N–H and O–H groups in total. The van der Waals surface area contributed by atoms with E-state index in [4.69, 9.17) is 11.6 Å². The molecule has 0 atom stereocenters. The summed E-state index contributed by atoms with van der Waals surface area (Å²) >= 11 is 6.17. The summed E-state index contributed by atoms with van der Waals surface area (Å²) in [5.41, 5.74) is 1.24. The fourth-order valence-electron chi connectivity index (χ4n) is 2.10. The highest BCUT2D eigenvalue weighted by molar-refractivity contribution is 6.32. The van der Waals surface area contributed by atoms with E-state index in [-0.39, 0.29) is 0 Å². The highest BCUT2D eigenvalue weighted by atomic mass is 35.5. The number of nitrogens with zero attached hydrogens (tertiary/aromatic N) is 1. The average molecular weight is 251 g/mol. The zero-order valence-electron chi connectivity index (χ0n) is 9.29. The van der Waals surface area contributed by atoms with E-state index < -0.39 is 11.1 Å². The third-order valence-corrected chi connectivity index (χ3v) is 3.57. The number of H-pyrrole nitrogens is 1. The minimum Gasteiger partial charge on any atom is -0.316 e. The van der Waals surface area contributed by atoms with Crippen LogP contribution in [0.5, 0.6) is 0 Å². The number of fused-ring (bicyclic) bond motifs is 1. The molecule has 1 fully saturated rings. The normalized spacial score (nSPS) is 15.4. The average Bonchev–Trinajstić information content (AvgIpc) is 3.09. The van der Waals surface area contributed by atoms with E-state index in [1.165, 1.54) is 4.57 Å². The highest BCUT2D eigenvalue weighted by Gasteiger charge is 2.26. The molecule has 1 heterocycles. The van der Waals surface area contributed by atoms with Crippen LogP contribution in [0.3, 0.4) is 0 Å².